The molecule has 0 spiro atoms. The topological polar surface area (TPSA) is 27.3 Å². The zero-order valence-corrected chi connectivity index (χ0v) is 17.8. The molecule has 0 saturated carbocycles. The number of nitrogens with one attached hydrogen (secondary N) is 2. The number of piperidine rings is 2. The minimum absolute atomic E-state index is 0.465. The maximum absolute atomic E-state index is 5.65. The second-order valence-electron chi connectivity index (χ2n) is 8.48. The zero-order chi connectivity index (χ0) is 19.5. The second-order valence-corrected chi connectivity index (χ2v) is 8.89. The molecule has 2 bridgehead atoms. The van der Waals surface area contributed by atoms with Crippen molar-refractivity contribution < 1.29 is 0 Å². The third-order valence-electron chi connectivity index (χ3n) is 6.31. The van der Waals surface area contributed by atoms with Crippen molar-refractivity contribution in [3.8, 4) is 0 Å². The van der Waals surface area contributed by atoms with Crippen LogP contribution in [0.3, 0.4) is 0 Å². The summed E-state index contributed by atoms with van der Waals surface area (Å²) in [5.74, 6) is 0. The van der Waals surface area contributed by atoms with Crippen molar-refractivity contribution in [1.29, 1.82) is 0 Å². The highest BCUT2D eigenvalue weighted by molar-refractivity contribution is 7.80. The first-order valence-corrected chi connectivity index (χ1v) is 10.9. The van der Waals surface area contributed by atoms with Crippen LogP contribution in [-0.4, -0.2) is 28.1 Å². The van der Waals surface area contributed by atoms with Crippen LogP contribution in [-0.2, 0) is 6.54 Å². The van der Waals surface area contributed by atoms with E-state index in [-0.39, 0.29) is 0 Å². The smallest absolute Gasteiger partial charge is 0.171 e. The number of anilines is 1. The summed E-state index contributed by atoms with van der Waals surface area (Å²) in [4.78, 5) is 2.75. The lowest BCUT2D eigenvalue weighted by Gasteiger charge is -2.49. The van der Waals surface area contributed by atoms with E-state index in [0.29, 0.717) is 18.1 Å². The van der Waals surface area contributed by atoms with Crippen molar-refractivity contribution in [2.75, 3.05) is 5.32 Å². The molecule has 2 aromatic rings. The average molecular weight is 394 g/mol. The van der Waals surface area contributed by atoms with Gasteiger partial charge in [0.25, 0.3) is 0 Å². The molecule has 2 aromatic carbocycles. The molecule has 0 amide bonds. The summed E-state index contributed by atoms with van der Waals surface area (Å²) in [6.45, 7) is 5.32. The SMILES string of the molecule is Cc1ccc(C)c(NC(=S)NC2C[C@H]3CCC[C@H](C2)N3Cc2ccccc2)c1. The van der Waals surface area contributed by atoms with Gasteiger partial charge < -0.3 is 10.6 Å². The monoisotopic (exact) mass is 393 g/mol. The molecule has 2 atom stereocenters. The molecule has 0 unspecified atom stereocenters. The molecule has 2 aliphatic heterocycles. The predicted molar refractivity (Wildman–Crippen MR) is 122 cm³/mol. The molecule has 3 nitrogen and oxygen atoms in total. The van der Waals surface area contributed by atoms with E-state index in [4.69, 9.17) is 12.2 Å². The number of benzene rings is 2. The van der Waals surface area contributed by atoms with Gasteiger partial charge in [0.2, 0.25) is 0 Å². The Labute approximate surface area is 174 Å². The fraction of sp³-hybridized carbons (Fsp3) is 0.458. The second kappa shape index (κ2) is 8.62. The van der Waals surface area contributed by atoms with E-state index in [1.54, 1.807) is 0 Å². The molecular weight excluding hydrogens is 362 g/mol. The summed E-state index contributed by atoms with van der Waals surface area (Å²) in [5.41, 5.74) is 5.01. The van der Waals surface area contributed by atoms with Crippen LogP contribution in [0, 0.1) is 13.8 Å². The Kier molecular flexibility index (Phi) is 5.98. The number of aryl methyl sites for hydroxylation is 2. The van der Waals surface area contributed by atoms with Crippen LogP contribution in [0.1, 0.15) is 48.8 Å². The summed E-state index contributed by atoms with van der Waals surface area (Å²) in [7, 11) is 0. The number of nitrogens with zero attached hydrogens (tertiary/aromatic N) is 1. The standard InChI is InChI=1S/C24H31N3S/c1-17-11-12-18(2)23(13-17)26-24(28)25-20-14-21-9-6-10-22(15-20)27(21)16-19-7-4-3-5-8-19/h3-5,7-8,11-13,20-22H,6,9-10,14-16H2,1-2H3,(H2,25,26,28)/t21-,22-/m1/s1. The van der Waals surface area contributed by atoms with Gasteiger partial charge in [-0.3, -0.25) is 4.90 Å². The van der Waals surface area contributed by atoms with Crippen LogP contribution >= 0.6 is 12.2 Å². The van der Waals surface area contributed by atoms with Gasteiger partial charge >= 0.3 is 0 Å². The Morgan fingerprint density at radius 3 is 2.46 bits per heavy atom. The minimum Gasteiger partial charge on any atom is -0.360 e. The number of hydrogen-bond donors (Lipinski definition) is 2. The van der Waals surface area contributed by atoms with Gasteiger partial charge in [-0.2, -0.15) is 0 Å². The first kappa shape index (κ1) is 19.4. The van der Waals surface area contributed by atoms with Crippen LogP contribution in [0.15, 0.2) is 48.5 Å². The zero-order valence-electron chi connectivity index (χ0n) is 16.9. The van der Waals surface area contributed by atoms with E-state index in [1.165, 1.54) is 48.8 Å². The number of rotatable bonds is 4. The van der Waals surface area contributed by atoms with E-state index in [0.717, 1.165) is 17.3 Å². The van der Waals surface area contributed by atoms with E-state index < -0.39 is 0 Å². The van der Waals surface area contributed by atoms with Gasteiger partial charge in [0.15, 0.2) is 5.11 Å². The van der Waals surface area contributed by atoms with Crippen molar-refractivity contribution in [1.82, 2.24) is 10.2 Å². The van der Waals surface area contributed by atoms with E-state index in [2.05, 4.69) is 77.9 Å². The van der Waals surface area contributed by atoms with Crippen molar-refractivity contribution in [3.05, 3.63) is 65.2 Å². The van der Waals surface area contributed by atoms with Crippen LogP contribution in [0.2, 0.25) is 0 Å². The van der Waals surface area contributed by atoms with E-state index in [1.807, 2.05) is 0 Å². The normalized spacial score (nSPS) is 24.6. The minimum atomic E-state index is 0.465. The number of thiocarbonyl (C=S) groups is 1. The summed E-state index contributed by atoms with van der Waals surface area (Å²) < 4.78 is 0. The van der Waals surface area contributed by atoms with E-state index in [9.17, 15) is 0 Å². The molecule has 0 radical (unpaired) electrons. The number of fused-ring (bicyclic) bond motifs is 2. The van der Waals surface area contributed by atoms with Gasteiger partial charge in [0.1, 0.15) is 0 Å². The van der Waals surface area contributed by atoms with Gasteiger partial charge in [-0.25, -0.2) is 0 Å². The molecule has 28 heavy (non-hydrogen) atoms. The lowest BCUT2D eigenvalue weighted by molar-refractivity contribution is 0.0212. The van der Waals surface area contributed by atoms with E-state index >= 15 is 0 Å². The van der Waals surface area contributed by atoms with Crippen LogP contribution in [0.25, 0.3) is 0 Å². The van der Waals surface area contributed by atoms with Gasteiger partial charge in [-0.15, -0.1) is 0 Å². The Balaban J connectivity index is 1.37. The molecule has 148 valence electrons. The number of hydrogen-bond acceptors (Lipinski definition) is 2. The van der Waals surface area contributed by atoms with Gasteiger partial charge in [-0.1, -0.05) is 48.9 Å². The van der Waals surface area contributed by atoms with Gasteiger partial charge in [0.05, 0.1) is 0 Å². The van der Waals surface area contributed by atoms with Crippen LogP contribution < -0.4 is 10.6 Å². The Morgan fingerprint density at radius 2 is 1.75 bits per heavy atom. The molecular formula is C24H31N3S. The van der Waals surface area contributed by atoms with Gasteiger partial charge in [0, 0.05) is 30.4 Å². The van der Waals surface area contributed by atoms with Crippen LogP contribution in [0.5, 0.6) is 0 Å². The lowest BCUT2D eigenvalue weighted by atomic mass is 9.81. The quantitative estimate of drug-likeness (QED) is 0.700. The van der Waals surface area contributed by atoms with Crippen molar-refractivity contribution in [2.24, 2.45) is 0 Å². The largest absolute Gasteiger partial charge is 0.360 e. The first-order chi connectivity index (χ1) is 13.6. The Hall–Kier alpha value is -1.91. The summed E-state index contributed by atoms with van der Waals surface area (Å²) >= 11 is 5.65. The highest BCUT2D eigenvalue weighted by Crippen LogP contribution is 2.35. The lowest BCUT2D eigenvalue weighted by Crippen LogP contribution is -2.56. The highest BCUT2D eigenvalue weighted by atomic mass is 32.1. The molecule has 4 heteroatoms. The first-order valence-electron chi connectivity index (χ1n) is 10.5. The molecule has 2 aliphatic rings. The summed E-state index contributed by atoms with van der Waals surface area (Å²) in [6.07, 6.45) is 6.33. The third kappa shape index (κ3) is 4.56. The fourth-order valence-corrected chi connectivity index (χ4v) is 5.14. The molecule has 2 heterocycles. The van der Waals surface area contributed by atoms with Gasteiger partial charge in [-0.05, 0) is 74.5 Å². The molecule has 2 fully saturated rings. The Morgan fingerprint density at radius 1 is 1.04 bits per heavy atom. The Bertz CT molecular complexity index is 806. The maximum Gasteiger partial charge on any atom is 0.171 e. The van der Waals surface area contributed by atoms with Crippen molar-refractivity contribution in [2.45, 2.75) is 70.6 Å². The molecule has 2 saturated heterocycles. The van der Waals surface area contributed by atoms with Crippen molar-refractivity contribution in [3.63, 3.8) is 0 Å². The summed E-state index contributed by atoms with van der Waals surface area (Å²) in [6, 6.07) is 19.1. The van der Waals surface area contributed by atoms with Crippen LogP contribution in [0.4, 0.5) is 5.69 Å². The molecule has 4 rings (SSSR count). The fourth-order valence-electron chi connectivity index (χ4n) is 4.86. The molecule has 0 aliphatic carbocycles. The molecule has 0 aromatic heterocycles. The molecule has 2 N–H and O–H groups in total. The summed E-state index contributed by atoms with van der Waals surface area (Å²) in [5, 5.41) is 7.80. The third-order valence-corrected chi connectivity index (χ3v) is 6.53. The average Bonchev–Trinajstić information content (AvgIpc) is 2.66. The predicted octanol–water partition coefficient (Wildman–Crippen LogP) is 5.18. The maximum atomic E-state index is 5.65. The van der Waals surface area contributed by atoms with Crippen molar-refractivity contribution >= 4 is 23.0 Å². The highest BCUT2D eigenvalue weighted by Gasteiger charge is 2.38.